The molecule has 12 heteroatoms. The van der Waals surface area contributed by atoms with Gasteiger partial charge in [0.15, 0.2) is 5.65 Å². The van der Waals surface area contributed by atoms with Gasteiger partial charge in [-0.25, -0.2) is 14.4 Å². The molecule has 0 aliphatic carbocycles. The fourth-order valence-electron chi connectivity index (χ4n) is 3.01. The number of anilines is 2. The molecule has 0 fully saturated rings. The molecule has 0 radical (unpaired) electrons. The maximum Gasteiger partial charge on any atom is 0.417 e. The zero-order valence-electron chi connectivity index (χ0n) is 16.0. The lowest BCUT2D eigenvalue weighted by atomic mass is 10.1. The summed E-state index contributed by atoms with van der Waals surface area (Å²) >= 11 is 5.60. The lowest BCUT2D eigenvalue weighted by molar-refractivity contribution is -0.137. The monoisotopic (exact) mass is 464 g/mol. The Hall–Kier alpha value is -3.73. The molecular formula is C20H13ClF4N6O. The molecule has 0 saturated carbocycles. The number of nitrogens with zero attached hydrogens (tertiary/aromatic N) is 3. The van der Waals surface area contributed by atoms with Gasteiger partial charge in [-0.3, -0.25) is 9.89 Å². The summed E-state index contributed by atoms with van der Waals surface area (Å²) in [5.41, 5.74) is -0.0945. The van der Waals surface area contributed by atoms with Gasteiger partial charge in [-0.2, -0.15) is 18.3 Å². The third kappa shape index (κ3) is 4.47. The smallest absolute Gasteiger partial charge is 0.365 e. The fourth-order valence-corrected chi connectivity index (χ4v) is 3.23. The highest BCUT2D eigenvalue weighted by Gasteiger charge is 2.33. The summed E-state index contributed by atoms with van der Waals surface area (Å²) < 4.78 is 53.0. The molecule has 7 nitrogen and oxygen atoms in total. The highest BCUT2D eigenvalue weighted by molar-refractivity contribution is 6.31. The third-order valence-electron chi connectivity index (χ3n) is 4.52. The molecule has 0 aliphatic rings. The van der Waals surface area contributed by atoms with Gasteiger partial charge in [0.05, 0.1) is 28.5 Å². The van der Waals surface area contributed by atoms with Crippen LogP contribution < -0.4 is 10.6 Å². The number of nitrogens with one attached hydrogen (secondary N) is 3. The number of carbonyl (C=O) groups excluding carboxylic acids is 1. The van der Waals surface area contributed by atoms with Gasteiger partial charge in [-0.15, -0.1) is 0 Å². The van der Waals surface area contributed by atoms with Gasteiger partial charge in [-0.1, -0.05) is 11.6 Å². The van der Waals surface area contributed by atoms with E-state index in [1.165, 1.54) is 6.07 Å². The lowest BCUT2D eigenvalue weighted by Gasteiger charge is -2.14. The SMILES string of the molecule is O=C(Nc1ccc(Cl)c(C(F)(F)F)c1)c1cc(F)cnc1NCc1ccnc2[nH]ncc12. The van der Waals surface area contributed by atoms with Crippen molar-refractivity contribution in [3.05, 3.63) is 76.5 Å². The Balaban J connectivity index is 1.58. The van der Waals surface area contributed by atoms with E-state index < -0.39 is 28.5 Å². The zero-order chi connectivity index (χ0) is 22.9. The van der Waals surface area contributed by atoms with Gasteiger partial charge in [0.1, 0.15) is 11.6 Å². The van der Waals surface area contributed by atoms with Crippen molar-refractivity contribution in [3.63, 3.8) is 0 Å². The first-order valence-electron chi connectivity index (χ1n) is 9.07. The average Bonchev–Trinajstić information content (AvgIpc) is 3.23. The Bertz CT molecular complexity index is 1310. The van der Waals surface area contributed by atoms with Crippen LogP contribution in [-0.4, -0.2) is 26.1 Å². The van der Waals surface area contributed by atoms with E-state index in [0.717, 1.165) is 29.3 Å². The Morgan fingerprint density at radius 2 is 1.94 bits per heavy atom. The van der Waals surface area contributed by atoms with E-state index in [4.69, 9.17) is 11.6 Å². The van der Waals surface area contributed by atoms with Crippen LogP contribution in [0.25, 0.3) is 11.0 Å². The number of H-pyrrole nitrogens is 1. The second-order valence-electron chi connectivity index (χ2n) is 6.65. The molecule has 32 heavy (non-hydrogen) atoms. The second-order valence-corrected chi connectivity index (χ2v) is 7.06. The van der Waals surface area contributed by atoms with Crippen LogP contribution in [0.4, 0.5) is 29.1 Å². The van der Waals surface area contributed by atoms with Gasteiger partial charge < -0.3 is 10.6 Å². The maximum absolute atomic E-state index is 13.8. The van der Waals surface area contributed by atoms with Crippen LogP contribution in [0.5, 0.6) is 0 Å². The molecule has 4 rings (SSSR count). The van der Waals surface area contributed by atoms with Crippen LogP contribution in [0.3, 0.4) is 0 Å². The Kier molecular flexibility index (Phi) is 5.66. The predicted octanol–water partition coefficient (Wildman–Crippen LogP) is 5.03. The molecule has 0 spiro atoms. The molecule has 4 aromatic rings. The molecule has 0 saturated heterocycles. The number of aromatic nitrogens is 4. The summed E-state index contributed by atoms with van der Waals surface area (Å²) in [6.45, 7) is 0.205. The summed E-state index contributed by atoms with van der Waals surface area (Å²) in [5, 5.41) is 12.2. The summed E-state index contributed by atoms with van der Waals surface area (Å²) in [7, 11) is 0. The van der Waals surface area contributed by atoms with Crippen molar-refractivity contribution in [2.75, 3.05) is 10.6 Å². The normalized spacial score (nSPS) is 11.5. The molecule has 3 aromatic heterocycles. The van der Waals surface area contributed by atoms with Gasteiger partial charge in [-0.05, 0) is 35.9 Å². The molecule has 164 valence electrons. The van der Waals surface area contributed by atoms with Crippen LogP contribution in [0.15, 0.2) is 48.9 Å². The molecule has 0 bridgehead atoms. The van der Waals surface area contributed by atoms with Crippen molar-refractivity contribution in [2.45, 2.75) is 12.7 Å². The molecule has 3 N–H and O–H groups in total. The largest absolute Gasteiger partial charge is 0.417 e. The molecule has 3 heterocycles. The van der Waals surface area contributed by atoms with Gasteiger partial charge in [0, 0.05) is 23.8 Å². The highest BCUT2D eigenvalue weighted by atomic mass is 35.5. The summed E-state index contributed by atoms with van der Waals surface area (Å²) in [4.78, 5) is 20.8. The first-order valence-corrected chi connectivity index (χ1v) is 9.44. The number of fused-ring (bicyclic) bond motifs is 1. The van der Waals surface area contributed by atoms with Crippen molar-refractivity contribution in [1.29, 1.82) is 0 Å². The standard InChI is InChI=1S/C20H13ClF4N6O/c21-16-2-1-12(6-15(16)20(23,24)25)30-19(32)13-5-11(22)8-28-17(13)27-7-10-3-4-26-18-14(10)9-29-31-18/h1-6,8-9H,7H2,(H,27,28)(H,30,32)(H,26,29,31). The fraction of sp³-hybridized carbons (Fsp3) is 0.100. The van der Waals surface area contributed by atoms with E-state index in [1.54, 1.807) is 18.5 Å². The van der Waals surface area contributed by atoms with Crippen LogP contribution in [-0.2, 0) is 12.7 Å². The topological polar surface area (TPSA) is 95.6 Å². The first-order chi connectivity index (χ1) is 15.2. The number of rotatable bonds is 5. The minimum Gasteiger partial charge on any atom is -0.365 e. The van der Waals surface area contributed by atoms with Crippen molar-refractivity contribution in [2.24, 2.45) is 0 Å². The number of halogens is 5. The predicted molar refractivity (Wildman–Crippen MR) is 110 cm³/mol. The summed E-state index contributed by atoms with van der Waals surface area (Å²) in [5.74, 6) is -1.59. The lowest BCUT2D eigenvalue weighted by Crippen LogP contribution is -2.17. The number of amides is 1. The van der Waals surface area contributed by atoms with Crippen molar-refractivity contribution >= 4 is 40.0 Å². The number of aromatic amines is 1. The molecular weight excluding hydrogens is 452 g/mol. The summed E-state index contributed by atoms with van der Waals surface area (Å²) in [6.07, 6.45) is -0.622. The van der Waals surface area contributed by atoms with Crippen LogP contribution in [0.2, 0.25) is 5.02 Å². The van der Waals surface area contributed by atoms with Crippen LogP contribution >= 0.6 is 11.6 Å². The maximum atomic E-state index is 13.8. The van der Waals surface area contributed by atoms with E-state index in [9.17, 15) is 22.4 Å². The molecule has 0 unspecified atom stereocenters. The molecule has 1 amide bonds. The number of alkyl halides is 3. The summed E-state index contributed by atoms with van der Waals surface area (Å²) in [6, 6.07) is 5.60. The third-order valence-corrected chi connectivity index (χ3v) is 4.85. The minimum absolute atomic E-state index is 0.0439. The van der Waals surface area contributed by atoms with Crippen LogP contribution in [0, 0.1) is 5.82 Å². The van der Waals surface area contributed by atoms with Gasteiger partial charge >= 0.3 is 6.18 Å². The highest BCUT2D eigenvalue weighted by Crippen LogP contribution is 2.36. The van der Waals surface area contributed by atoms with Gasteiger partial charge in [0.25, 0.3) is 5.91 Å². The first kappa shape index (κ1) is 21.5. The molecule has 0 aliphatic heterocycles. The van der Waals surface area contributed by atoms with Crippen molar-refractivity contribution in [3.8, 4) is 0 Å². The van der Waals surface area contributed by atoms with Gasteiger partial charge in [0.2, 0.25) is 0 Å². The van der Waals surface area contributed by atoms with E-state index in [2.05, 4.69) is 30.8 Å². The molecule has 1 aromatic carbocycles. The number of hydrogen-bond acceptors (Lipinski definition) is 5. The zero-order valence-corrected chi connectivity index (χ0v) is 16.7. The van der Waals surface area contributed by atoms with E-state index >= 15 is 0 Å². The van der Waals surface area contributed by atoms with E-state index in [-0.39, 0.29) is 23.6 Å². The second kappa shape index (κ2) is 8.42. The minimum atomic E-state index is -4.70. The van der Waals surface area contributed by atoms with Crippen molar-refractivity contribution in [1.82, 2.24) is 20.2 Å². The van der Waals surface area contributed by atoms with Crippen LogP contribution in [0.1, 0.15) is 21.5 Å². The number of pyridine rings is 2. The Morgan fingerprint density at radius 3 is 2.72 bits per heavy atom. The van der Waals surface area contributed by atoms with E-state index in [0.29, 0.717) is 11.7 Å². The Labute approximate surface area is 182 Å². The Morgan fingerprint density at radius 1 is 1.12 bits per heavy atom. The number of benzene rings is 1. The quantitative estimate of drug-likeness (QED) is 0.360. The average molecular weight is 465 g/mol. The number of hydrogen-bond donors (Lipinski definition) is 3. The van der Waals surface area contributed by atoms with Crippen molar-refractivity contribution < 1.29 is 22.4 Å². The number of carbonyl (C=O) groups is 1. The van der Waals surface area contributed by atoms with E-state index in [1.807, 2.05) is 0 Å². The molecule has 0 atom stereocenters.